The monoisotopic (exact) mass is 397 g/mol. The van der Waals surface area contributed by atoms with Crippen LogP contribution in [0.2, 0.25) is 10.0 Å². The third kappa shape index (κ3) is 5.74. The number of carbonyl (C=O) groups is 1. The number of halogens is 4. The number of hydrogen-bond donors (Lipinski definition) is 2. The predicted molar refractivity (Wildman–Crippen MR) is 98.4 cm³/mol. The van der Waals surface area contributed by atoms with E-state index in [1.165, 1.54) is 6.07 Å². The molecule has 0 bridgehead atoms. The van der Waals surface area contributed by atoms with Gasteiger partial charge in [0.15, 0.2) is 0 Å². The molecule has 8 heteroatoms. The number of piperidine rings is 1. The zero-order valence-corrected chi connectivity index (χ0v) is 15.7. The minimum atomic E-state index is -0.510. The van der Waals surface area contributed by atoms with Crippen LogP contribution in [0.3, 0.4) is 0 Å². The Labute approximate surface area is 158 Å². The SMILES string of the molecule is Cl.NCCC(=O)NCC1CCCCN1Cc1ccc(F)c(Cl)c1Cl. The summed E-state index contributed by atoms with van der Waals surface area (Å²) >= 11 is 12.0. The summed E-state index contributed by atoms with van der Waals surface area (Å²) in [5.41, 5.74) is 6.19. The van der Waals surface area contributed by atoms with Gasteiger partial charge in [0.25, 0.3) is 0 Å². The van der Waals surface area contributed by atoms with Crippen LogP contribution < -0.4 is 11.1 Å². The Bertz CT molecular complexity index is 560. The van der Waals surface area contributed by atoms with Gasteiger partial charge in [0.1, 0.15) is 5.82 Å². The van der Waals surface area contributed by atoms with Crippen molar-refractivity contribution in [1.82, 2.24) is 10.2 Å². The Morgan fingerprint density at radius 3 is 2.79 bits per heavy atom. The van der Waals surface area contributed by atoms with Crippen LogP contribution in [0.4, 0.5) is 4.39 Å². The van der Waals surface area contributed by atoms with Crippen molar-refractivity contribution in [3.8, 4) is 0 Å². The molecular weight excluding hydrogens is 376 g/mol. The van der Waals surface area contributed by atoms with Gasteiger partial charge < -0.3 is 11.1 Å². The van der Waals surface area contributed by atoms with Crippen LogP contribution >= 0.6 is 35.6 Å². The van der Waals surface area contributed by atoms with E-state index in [2.05, 4.69) is 10.2 Å². The van der Waals surface area contributed by atoms with Crippen molar-refractivity contribution in [3.05, 3.63) is 33.6 Å². The second kappa shape index (κ2) is 10.4. The van der Waals surface area contributed by atoms with Gasteiger partial charge in [0.2, 0.25) is 5.91 Å². The van der Waals surface area contributed by atoms with Crippen molar-refractivity contribution in [1.29, 1.82) is 0 Å². The van der Waals surface area contributed by atoms with E-state index in [0.29, 0.717) is 26.1 Å². The second-order valence-corrected chi connectivity index (χ2v) is 6.55. The molecule has 24 heavy (non-hydrogen) atoms. The molecule has 1 fully saturated rings. The molecule has 2 rings (SSSR count). The number of nitrogens with two attached hydrogens (primary N) is 1. The van der Waals surface area contributed by atoms with E-state index in [1.54, 1.807) is 6.07 Å². The van der Waals surface area contributed by atoms with Crippen LogP contribution in [-0.2, 0) is 11.3 Å². The van der Waals surface area contributed by atoms with Crippen LogP contribution in [0.1, 0.15) is 31.2 Å². The van der Waals surface area contributed by atoms with Crippen molar-refractivity contribution in [2.45, 2.75) is 38.3 Å². The van der Waals surface area contributed by atoms with Crippen molar-refractivity contribution >= 4 is 41.5 Å². The Balaban J connectivity index is 0.00000288. The van der Waals surface area contributed by atoms with E-state index in [-0.39, 0.29) is 34.4 Å². The first-order chi connectivity index (χ1) is 11.0. The molecule has 1 aromatic carbocycles. The molecule has 136 valence electrons. The molecule has 0 radical (unpaired) electrons. The fraction of sp³-hybridized carbons (Fsp3) is 0.562. The third-order valence-electron chi connectivity index (χ3n) is 4.14. The van der Waals surface area contributed by atoms with Crippen molar-refractivity contribution in [3.63, 3.8) is 0 Å². The maximum atomic E-state index is 13.4. The van der Waals surface area contributed by atoms with Gasteiger partial charge in [-0.2, -0.15) is 0 Å². The summed E-state index contributed by atoms with van der Waals surface area (Å²) in [6.07, 6.45) is 3.58. The van der Waals surface area contributed by atoms with E-state index in [9.17, 15) is 9.18 Å². The summed E-state index contributed by atoms with van der Waals surface area (Å²) in [6, 6.07) is 3.25. The van der Waals surface area contributed by atoms with Crippen molar-refractivity contribution in [2.24, 2.45) is 5.73 Å². The smallest absolute Gasteiger partial charge is 0.221 e. The highest BCUT2D eigenvalue weighted by Crippen LogP contribution is 2.30. The van der Waals surface area contributed by atoms with Crippen molar-refractivity contribution in [2.75, 3.05) is 19.6 Å². The Morgan fingerprint density at radius 2 is 2.08 bits per heavy atom. The average Bonchev–Trinajstić information content (AvgIpc) is 2.55. The van der Waals surface area contributed by atoms with Gasteiger partial charge in [-0.25, -0.2) is 4.39 Å². The molecule has 1 aliphatic rings. The molecule has 0 saturated carbocycles. The van der Waals surface area contributed by atoms with E-state index >= 15 is 0 Å². The summed E-state index contributed by atoms with van der Waals surface area (Å²) in [7, 11) is 0. The maximum Gasteiger partial charge on any atom is 0.221 e. The molecular formula is C16H23Cl3FN3O. The molecule has 1 heterocycles. The largest absolute Gasteiger partial charge is 0.354 e. The zero-order chi connectivity index (χ0) is 16.8. The Kier molecular flexibility index (Phi) is 9.31. The van der Waals surface area contributed by atoms with Crippen molar-refractivity contribution < 1.29 is 9.18 Å². The minimum Gasteiger partial charge on any atom is -0.354 e. The number of rotatable bonds is 6. The van der Waals surface area contributed by atoms with Crippen LogP contribution in [0.5, 0.6) is 0 Å². The summed E-state index contributed by atoms with van der Waals surface area (Å²) < 4.78 is 13.4. The molecule has 1 aromatic rings. The van der Waals surface area contributed by atoms with E-state index in [4.69, 9.17) is 28.9 Å². The quantitative estimate of drug-likeness (QED) is 0.722. The van der Waals surface area contributed by atoms with Gasteiger partial charge in [-0.05, 0) is 31.0 Å². The molecule has 3 N–H and O–H groups in total. The topological polar surface area (TPSA) is 58.4 Å². The normalized spacial score (nSPS) is 18.1. The second-order valence-electron chi connectivity index (χ2n) is 5.80. The zero-order valence-electron chi connectivity index (χ0n) is 13.4. The summed E-state index contributed by atoms with van der Waals surface area (Å²) in [5, 5.41) is 3.16. The Hall–Kier alpha value is -0.590. The summed E-state index contributed by atoms with van der Waals surface area (Å²) in [6.45, 7) is 2.45. The standard InChI is InChI=1S/C16H22Cl2FN3O.ClH/c17-15-11(4-5-13(19)16(15)18)10-22-8-2-1-3-12(22)9-21-14(23)6-7-20;/h4-5,12H,1-3,6-10,20H2,(H,21,23);1H. The highest BCUT2D eigenvalue weighted by Gasteiger charge is 2.24. The number of likely N-dealkylation sites (tertiary alicyclic amines) is 1. The first-order valence-corrected chi connectivity index (χ1v) is 8.61. The molecule has 1 aliphatic heterocycles. The number of amides is 1. The lowest BCUT2D eigenvalue weighted by Gasteiger charge is -2.36. The van der Waals surface area contributed by atoms with Crippen LogP contribution in [0.25, 0.3) is 0 Å². The summed E-state index contributed by atoms with van der Waals surface area (Å²) in [5.74, 6) is -0.537. The van der Waals surface area contributed by atoms with Gasteiger partial charge in [-0.1, -0.05) is 35.7 Å². The lowest BCUT2D eigenvalue weighted by atomic mass is 10.0. The third-order valence-corrected chi connectivity index (χ3v) is 5.04. The molecule has 1 unspecified atom stereocenters. The minimum absolute atomic E-state index is 0. The molecule has 1 atom stereocenters. The molecule has 0 aromatic heterocycles. The van der Waals surface area contributed by atoms with Gasteiger partial charge in [-0.15, -0.1) is 12.4 Å². The van der Waals surface area contributed by atoms with Crippen LogP contribution in [0, 0.1) is 5.82 Å². The molecule has 1 amide bonds. The average molecular weight is 399 g/mol. The van der Waals surface area contributed by atoms with Crippen LogP contribution in [0.15, 0.2) is 12.1 Å². The van der Waals surface area contributed by atoms with Gasteiger partial charge in [0.05, 0.1) is 10.0 Å². The van der Waals surface area contributed by atoms with Gasteiger partial charge in [-0.3, -0.25) is 9.69 Å². The highest BCUT2D eigenvalue weighted by atomic mass is 35.5. The number of hydrogen-bond acceptors (Lipinski definition) is 3. The van der Waals surface area contributed by atoms with Crippen LogP contribution in [-0.4, -0.2) is 36.5 Å². The number of carbonyl (C=O) groups excluding carboxylic acids is 1. The van der Waals surface area contributed by atoms with E-state index in [0.717, 1.165) is 31.4 Å². The molecule has 4 nitrogen and oxygen atoms in total. The first kappa shape index (κ1) is 21.5. The Morgan fingerprint density at radius 1 is 1.33 bits per heavy atom. The number of nitrogens with zero attached hydrogens (tertiary/aromatic N) is 1. The van der Waals surface area contributed by atoms with Gasteiger partial charge in [0, 0.05) is 32.1 Å². The lowest BCUT2D eigenvalue weighted by Crippen LogP contribution is -2.46. The van der Waals surface area contributed by atoms with Gasteiger partial charge >= 0.3 is 0 Å². The summed E-state index contributed by atoms with van der Waals surface area (Å²) in [4.78, 5) is 13.9. The fourth-order valence-electron chi connectivity index (χ4n) is 2.86. The lowest BCUT2D eigenvalue weighted by molar-refractivity contribution is -0.121. The molecule has 1 saturated heterocycles. The molecule has 0 spiro atoms. The first-order valence-electron chi connectivity index (χ1n) is 7.86. The maximum absolute atomic E-state index is 13.4. The molecule has 0 aliphatic carbocycles. The predicted octanol–water partition coefficient (Wildman–Crippen LogP) is 3.37. The van der Waals surface area contributed by atoms with E-state index in [1.807, 2.05) is 0 Å². The number of nitrogens with one attached hydrogen (secondary N) is 1. The van der Waals surface area contributed by atoms with E-state index < -0.39 is 5.82 Å². The number of benzene rings is 1. The highest BCUT2D eigenvalue weighted by molar-refractivity contribution is 6.42. The fourth-order valence-corrected chi connectivity index (χ4v) is 3.25.